The lowest BCUT2D eigenvalue weighted by Gasteiger charge is -2.30. The SMILES string of the molecule is CN(OC(C)(C)C)C(=O)C(COP(=O)(O)OC[C@H](O)CO)NC(=O)OC(C)(C)C. The number of phosphoric ester groups is 1. The van der Waals surface area contributed by atoms with Crippen LogP contribution in [0.4, 0.5) is 4.79 Å². The maximum atomic E-state index is 12.6. The number of aliphatic hydroxyl groups is 2. The quantitative estimate of drug-likeness (QED) is 0.276. The number of hydrogen-bond acceptors (Lipinski definition) is 9. The van der Waals surface area contributed by atoms with Crippen LogP contribution >= 0.6 is 7.82 Å². The number of carbonyl (C=O) groups is 2. The van der Waals surface area contributed by atoms with Crippen molar-refractivity contribution >= 4 is 19.8 Å². The monoisotopic (exact) mass is 444 g/mol. The highest BCUT2D eigenvalue weighted by atomic mass is 31.2. The molecule has 4 N–H and O–H groups in total. The average Bonchev–Trinajstić information content (AvgIpc) is 2.52. The van der Waals surface area contributed by atoms with E-state index in [0.717, 1.165) is 5.06 Å². The van der Waals surface area contributed by atoms with Crippen molar-refractivity contribution in [1.82, 2.24) is 10.4 Å². The molecule has 0 saturated heterocycles. The van der Waals surface area contributed by atoms with Crippen molar-refractivity contribution in [3.8, 4) is 0 Å². The third kappa shape index (κ3) is 13.6. The van der Waals surface area contributed by atoms with Crippen LogP contribution in [0.3, 0.4) is 0 Å². The maximum absolute atomic E-state index is 12.6. The summed E-state index contributed by atoms with van der Waals surface area (Å²) in [6.45, 7) is 7.86. The third-order valence-corrected chi connectivity index (χ3v) is 3.71. The Bertz CT molecular complexity index is 587. The zero-order chi connectivity index (χ0) is 23.0. The highest BCUT2D eigenvalue weighted by Crippen LogP contribution is 2.43. The summed E-state index contributed by atoms with van der Waals surface area (Å²) < 4.78 is 26.2. The summed E-state index contributed by atoms with van der Waals surface area (Å²) in [4.78, 5) is 39.7. The number of carbonyl (C=O) groups excluding carboxylic acids is 2. The van der Waals surface area contributed by atoms with Gasteiger partial charge in [-0.05, 0) is 41.5 Å². The molecule has 0 rings (SSSR count). The molecule has 0 aliphatic rings. The molecule has 3 atom stereocenters. The van der Waals surface area contributed by atoms with Crippen LogP contribution in [0.1, 0.15) is 41.5 Å². The minimum Gasteiger partial charge on any atom is -0.444 e. The van der Waals surface area contributed by atoms with Gasteiger partial charge in [0.25, 0.3) is 5.91 Å². The van der Waals surface area contributed by atoms with Gasteiger partial charge in [-0.2, -0.15) is 0 Å². The number of amides is 2. The predicted octanol–water partition coefficient (Wildman–Crippen LogP) is 0.555. The van der Waals surface area contributed by atoms with E-state index in [1.165, 1.54) is 7.05 Å². The summed E-state index contributed by atoms with van der Waals surface area (Å²) in [5.41, 5.74) is -1.57. The fourth-order valence-electron chi connectivity index (χ4n) is 1.74. The number of likely N-dealkylation sites (N-methyl/N-ethyl adjacent to an activating group) is 1. The van der Waals surface area contributed by atoms with Gasteiger partial charge in [0, 0.05) is 7.05 Å². The van der Waals surface area contributed by atoms with Crippen LogP contribution in [0.25, 0.3) is 0 Å². The number of nitrogens with one attached hydrogen (secondary N) is 1. The normalized spacial score (nSPS) is 16.5. The van der Waals surface area contributed by atoms with Crippen molar-refractivity contribution < 1.29 is 47.9 Å². The Labute approximate surface area is 170 Å². The van der Waals surface area contributed by atoms with E-state index < -0.39 is 63.0 Å². The topological polar surface area (TPSA) is 164 Å². The molecule has 13 heteroatoms. The van der Waals surface area contributed by atoms with E-state index in [1.807, 2.05) is 0 Å². The van der Waals surface area contributed by atoms with E-state index >= 15 is 0 Å². The van der Waals surface area contributed by atoms with Crippen molar-refractivity contribution in [2.24, 2.45) is 0 Å². The molecule has 29 heavy (non-hydrogen) atoms. The summed E-state index contributed by atoms with van der Waals surface area (Å²) in [6, 6.07) is -1.44. The number of rotatable bonds is 10. The van der Waals surface area contributed by atoms with E-state index in [-0.39, 0.29) is 0 Å². The highest BCUT2D eigenvalue weighted by Gasteiger charge is 2.33. The largest absolute Gasteiger partial charge is 0.472 e. The molecule has 0 saturated carbocycles. The molecule has 0 aromatic rings. The minimum absolute atomic E-state index is 0.671. The van der Waals surface area contributed by atoms with E-state index in [2.05, 4.69) is 9.84 Å². The first-order valence-electron chi connectivity index (χ1n) is 8.83. The van der Waals surface area contributed by atoms with Crippen LogP contribution < -0.4 is 5.32 Å². The van der Waals surface area contributed by atoms with Gasteiger partial charge in [0.15, 0.2) is 0 Å². The summed E-state index contributed by atoms with van der Waals surface area (Å²) in [5.74, 6) is -0.777. The van der Waals surface area contributed by atoms with Crippen molar-refractivity contribution in [3.05, 3.63) is 0 Å². The van der Waals surface area contributed by atoms with Gasteiger partial charge < -0.3 is 25.2 Å². The highest BCUT2D eigenvalue weighted by molar-refractivity contribution is 7.47. The molecule has 172 valence electrons. The molecule has 0 radical (unpaired) electrons. The lowest BCUT2D eigenvalue weighted by Crippen LogP contribution is -2.52. The lowest BCUT2D eigenvalue weighted by atomic mass is 10.2. The zero-order valence-corrected chi connectivity index (χ0v) is 18.8. The molecule has 0 aromatic heterocycles. The van der Waals surface area contributed by atoms with Gasteiger partial charge in [-0.25, -0.2) is 14.4 Å². The van der Waals surface area contributed by atoms with Crippen molar-refractivity contribution in [2.75, 3.05) is 26.9 Å². The fourth-order valence-corrected chi connectivity index (χ4v) is 2.51. The van der Waals surface area contributed by atoms with Crippen molar-refractivity contribution in [1.29, 1.82) is 0 Å². The summed E-state index contributed by atoms with van der Waals surface area (Å²) in [7, 11) is -3.37. The van der Waals surface area contributed by atoms with Crippen LogP contribution in [0.2, 0.25) is 0 Å². The molecule has 0 bridgehead atoms. The van der Waals surface area contributed by atoms with Gasteiger partial charge in [-0.15, -0.1) is 0 Å². The zero-order valence-electron chi connectivity index (χ0n) is 17.9. The first kappa shape index (κ1) is 27.7. The van der Waals surface area contributed by atoms with Gasteiger partial charge in [0.05, 0.1) is 25.4 Å². The van der Waals surface area contributed by atoms with Crippen LogP contribution in [0, 0.1) is 0 Å². The molecule has 0 heterocycles. The Morgan fingerprint density at radius 1 is 1.07 bits per heavy atom. The first-order chi connectivity index (χ1) is 13.0. The van der Waals surface area contributed by atoms with E-state index in [1.54, 1.807) is 41.5 Å². The Balaban J connectivity index is 5.19. The van der Waals surface area contributed by atoms with Gasteiger partial charge in [0.2, 0.25) is 0 Å². The molecule has 0 aromatic carbocycles. The third-order valence-electron chi connectivity index (χ3n) is 2.76. The smallest absolute Gasteiger partial charge is 0.444 e. The Morgan fingerprint density at radius 2 is 1.59 bits per heavy atom. The number of hydroxylamine groups is 2. The molecule has 0 spiro atoms. The number of phosphoric acid groups is 1. The van der Waals surface area contributed by atoms with Crippen LogP contribution in [0.5, 0.6) is 0 Å². The Kier molecular flexibility index (Phi) is 10.7. The number of ether oxygens (including phenoxy) is 1. The maximum Gasteiger partial charge on any atom is 0.472 e. The average molecular weight is 444 g/mol. The summed E-state index contributed by atoms with van der Waals surface area (Å²) in [6.07, 6.45) is -2.34. The van der Waals surface area contributed by atoms with E-state index in [9.17, 15) is 24.2 Å². The fraction of sp³-hybridized carbons (Fsp3) is 0.875. The number of alkyl carbamates (subject to hydrolysis) is 1. The minimum atomic E-state index is -4.68. The Morgan fingerprint density at radius 3 is 2.03 bits per heavy atom. The molecule has 2 amide bonds. The molecule has 0 aliphatic heterocycles. The number of aliphatic hydroxyl groups excluding tert-OH is 2. The molecule has 0 fully saturated rings. The van der Waals surface area contributed by atoms with Crippen molar-refractivity contribution in [3.63, 3.8) is 0 Å². The first-order valence-corrected chi connectivity index (χ1v) is 10.3. The summed E-state index contributed by atoms with van der Waals surface area (Å²) in [5, 5.41) is 21.0. The van der Waals surface area contributed by atoms with Gasteiger partial charge >= 0.3 is 13.9 Å². The molecule has 2 unspecified atom stereocenters. The molecular formula is C16H33N2O10P. The van der Waals surface area contributed by atoms with Gasteiger partial charge in [0.1, 0.15) is 17.7 Å². The van der Waals surface area contributed by atoms with Crippen LogP contribution in [-0.4, -0.2) is 82.4 Å². The van der Waals surface area contributed by atoms with Gasteiger partial charge in [-0.1, -0.05) is 0 Å². The second-order valence-corrected chi connectivity index (χ2v) is 9.59. The lowest BCUT2D eigenvalue weighted by molar-refractivity contribution is -0.218. The molecule has 0 aliphatic carbocycles. The summed E-state index contributed by atoms with van der Waals surface area (Å²) >= 11 is 0. The predicted molar refractivity (Wildman–Crippen MR) is 102 cm³/mol. The standard InChI is InChI=1S/C16H33N2O10P/c1-15(2,3)27-14(22)17-12(13(21)18(7)28-16(4,5)6)10-26-29(23,24)25-9-11(20)8-19/h11-12,19-20H,8-10H2,1-7H3,(H,17,22)(H,23,24)/t11-,12?/m1/s1. The number of nitrogens with zero attached hydrogens (tertiary/aromatic N) is 1. The molecule has 12 nitrogen and oxygen atoms in total. The van der Waals surface area contributed by atoms with Crippen LogP contribution in [-0.2, 0) is 28.0 Å². The molecular weight excluding hydrogens is 411 g/mol. The van der Waals surface area contributed by atoms with Gasteiger partial charge in [-0.3, -0.25) is 18.7 Å². The van der Waals surface area contributed by atoms with E-state index in [0.29, 0.717) is 0 Å². The van der Waals surface area contributed by atoms with Crippen LogP contribution in [0.15, 0.2) is 0 Å². The van der Waals surface area contributed by atoms with E-state index in [4.69, 9.17) is 19.2 Å². The second kappa shape index (κ2) is 11.2. The Hall–Kier alpha value is -1.27. The second-order valence-electron chi connectivity index (χ2n) is 8.13. The van der Waals surface area contributed by atoms with Crippen molar-refractivity contribution in [2.45, 2.75) is 64.9 Å². The number of hydrogen-bond donors (Lipinski definition) is 4.